The van der Waals surface area contributed by atoms with Gasteiger partial charge in [0.15, 0.2) is 6.10 Å². The second kappa shape index (κ2) is 9.13. The van der Waals surface area contributed by atoms with Crippen molar-refractivity contribution in [3.63, 3.8) is 0 Å². The predicted molar refractivity (Wildman–Crippen MR) is 85.4 cm³/mol. The van der Waals surface area contributed by atoms with Gasteiger partial charge in [-0.05, 0) is 31.5 Å². The minimum atomic E-state index is -0.990. The average Bonchev–Trinajstić information content (AvgIpc) is 2.41. The molecule has 0 saturated heterocycles. The summed E-state index contributed by atoms with van der Waals surface area (Å²) in [7, 11) is 0. The van der Waals surface area contributed by atoms with Gasteiger partial charge in [0.2, 0.25) is 0 Å². The van der Waals surface area contributed by atoms with Crippen molar-refractivity contribution in [2.24, 2.45) is 0 Å². The molecule has 0 saturated carbocycles. The molecular weight excluding hydrogens is 313 g/mol. The number of carboxylic acids is 1. The zero-order valence-electron chi connectivity index (χ0n) is 12.3. The molecule has 0 bridgehead atoms. The molecule has 0 aromatic heterocycles. The third-order valence-electron chi connectivity index (χ3n) is 2.91. The van der Waals surface area contributed by atoms with Crippen LogP contribution in [-0.2, 0) is 11.3 Å². The maximum absolute atomic E-state index is 11.2. The number of carbonyl (C=O) groups is 1. The van der Waals surface area contributed by atoms with Crippen molar-refractivity contribution in [1.82, 2.24) is 5.32 Å². The van der Waals surface area contributed by atoms with Gasteiger partial charge in [-0.2, -0.15) is 0 Å². The highest BCUT2D eigenvalue weighted by molar-refractivity contribution is 6.35. The number of hydrogen-bond donors (Lipinski definition) is 2. The molecule has 0 heterocycles. The van der Waals surface area contributed by atoms with E-state index >= 15 is 0 Å². The molecular formula is C15H21Cl2NO3. The Kier molecular flexibility index (Phi) is 7.86. The highest BCUT2D eigenvalue weighted by atomic mass is 35.5. The molecule has 1 aromatic rings. The molecule has 1 aromatic carbocycles. The van der Waals surface area contributed by atoms with Crippen LogP contribution in [0.3, 0.4) is 0 Å². The molecule has 0 fully saturated rings. The minimum absolute atomic E-state index is 0.332. The van der Waals surface area contributed by atoms with Crippen LogP contribution in [0, 0.1) is 0 Å². The van der Waals surface area contributed by atoms with Gasteiger partial charge >= 0.3 is 5.97 Å². The molecule has 118 valence electrons. The van der Waals surface area contributed by atoms with Crippen LogP contribution in [0.25, 0.3) is 0 Å². The first-order valence-electron chi connectivity index (χ1n) is 7.07. The Bertz CT molecular complexity index is 480. The standard InChI is InChI=1S/C15H21Cl2NO3/c1-3-5-13(15(19)20)21-14-10(9-18-6-4-2)7-11(16)8-12(14)17/h7-8,13,18H,3-6,9H2,1-2H3,(H,19,20). The number of ether oxygens (including phenoxy) is 1. The van der Waals surface area contributed by atoms with Gasteiger partial charge in [-0.1, -0.05) is 43.5 Å². The van der Waals surface area contributed by atoms with E-state index in [-0.39, 0.29) is 0 Å². The molecule has 6 heteroatoms. The van der Waals surface area contributed by atoms with Gasteiger partial charge in [-0.25, -0.2) is 4.79 Å². The smallest absolute Gasteiger partial charge is 0.344 e. The molecule has 1 unspecified atom stereocenters. The first-order valence-corrected chi connectivity index (χ1v) is 7.83. The lowest BCUT2D eigenvalue weighted by molar-refractivity contribution is -0.145. The minimum Gasteiger partial charge on any atom is -0.479 e. The van der Waals surface area contributed by atoms with Gasteiger partial charge in [0.05, 0.1) is 5.02 Å². The summed E-state index contributed by atoms with van der Waals surface area (Å²) in [5, 5.41) is 13.3. The summed E-state index contributed by atoms with van der Waals surface area (Å²) in [6.45, 7) is 5.35. The Morgan fingerprint density at radius 1 is 1.33 bits per heavy atom. The van der Waals surface area contributed by atoms with Crippen LogP contribution in [0.2, 0.25) is 10.0 Å². The van der Waals surface area contributed by atoms with Crippen molar-refractivity contribution < 1.29 is 14.6 Å². The van der Waals surface area contributed by atoms with E-state index in [9.17, 15) is 9.90 Å². The predicted octanol–water partition coefficient (Wildman–Crippen LogP) is 4.13. The van der Waals surface area contributed by atoms with Crippen molar-refractivity contribution in [1.29, 1.82) is 0 Å². The molecule has 0 aliphatic heterocycles. The lowest BCUT2D eigenvalue weighted by atomic mass is 10.1. The topological polar surface area (TPSA) is 58.6 Å². The maximum atomic E-state index is 11.2. The van der Waals surface area contributed by atoms with E-state index in [1.165, 1.54) is 0 Å². The highest BCUT2D eigenvalue weighted by Crippen LogP contribution is 2.33. The zero-order chi connectivity index (χ0) is 15.8. The lowest BCUT2D eigenvalue weighted by Crippen LogP contribution is -2.27. The summed E-state index contributed by atoms with van der Waals surface area (Å²) in [4.78, 5) is 11.2. The molecule has 0 spiro atoms. The molecule has 1 atom stereocenters. The van der Waals surface area contributed by atoms with Gasteiger partial charge in [0.1, 0.15) is 5.75 Å². The van der Waals surface area contributed by atoms with E-state index in [2.05, 4.69) is 12.2 Å². The van der Waals surface area contributed by atoms with Crippen LogP contribution in [0.5, 0.6) is 5.75 Å². The molecule has 2 N–H and O–H groups in total. The van der Waals surface area contributed by atoms with Crippen LogP contribution in [0.4, 0.5) is 0 Å². The summed E-state index contributed by atoms with van der Waals surface area (Å²) in [5.74, 6) is -0.596. The van der Waals surface area contributed by atoms with Gasteiger partial charge in [-0.3, -0.25) is 0 Å². The van der Waals surface area contributed by atoms with Crippen molar-refractivity contribution >= 4 is 29.2 Å². The fraction of sp³-hybridized carbons (Fsp3) is 0.533. The first-order chi connectivity index (χ1) is 9.99. The number of benzene rings is 1. The number of aliphatic carboxylic acids is 1. The van der Waals surface area contributed by atoms with E-state index < -0.39 is 12.1 Å². The molecule has 0 radical (unpaired) electrons. The summed E-state index contributed by atoms with van der Waals surface area (Å²) in [5.41, 5.74) is 0.767. The van der Waals surface area contributed by atoms with Crippen molar-refractivity contribution in [2.45, 2.75) is 45.8 Å². The first kappa shape index (κ1) is 18.1. The highest BCUT2D eigenvalue weighted by Gasteiger charge is 2.21. The van der Waals surface area contributed by atoms with E-state index in [0.29, 0.717) is 35.2 Å². The Hall–Kier alpha value is -0.970. The van der Waals surface area contributed by atoms with E-state index in [4.69, 9.17) is 27.9 Å². The van der Waals surface area contributed by atoms with E-state index in [1.54, 1.807) is 12.1 Å². The number of rotatable bonds is 9. The molecule has 0 aliphatic rings. The average molecular weight is 334 g/mol. The van der Waals surface area contributed by atoms with Crippen LogP contribution >= 0.6 is 23.2 Å². The third kappa shape index (κ3) is 5.73. The second-order valence-corrected chi connectivity index (χ2v) is 5.63. The van der Waals surface area contributed by atoms with Crippen molar-refractivity contribution in [2.75, 3.05) is 6.54 Å². The third-order valence-corrected chi connectivity index (χ3v) is 3.41. The van der Waals surface area contributed by atoms with E-state index in [1.807, 2.05) is 6.92 Å². The van der Waals surface area contributed by atoms with Crippen LogP contribution in [0.15, 0.2) is 12.1 Å². The van der Waals surface area contributed by atoms with Gasteiger partial charge < -0.3 is 15.2 Å². The Morgan fingerprint density at radius 3 is 2.62 bits per heavy atom. The Labute approximate surface area is 135 Å². The maximum Gasteiger partial charge on any atom is 0.344 e. The summed E-state index contributed by atoms with van der Waals surface area (Å²) >= 11 is 12.2. The van der Waals surface area contributed by atoms with Gasteiger partial charge in [0, 0.05) is 17.1 Å². The Balaban J connectivity index is 2.99. The summed E-state index contributed by atoms with van der Waals surface area (Å²) < 4.78 is 5.63. The fourth-order valence-corrected chi connectivity index (χ4v) is 2.49. The molecule has 1 rings (SSSR count). The van der Waals surface area contributed by atoms with Crippen LogP contribution in [0.1, 0.15) is 38.7 Å². The van der Waals surface area contributed by atoms with Gasteiger partial charge in [0.25, 0.3) is 0 Å². The molecule has 0 aliphatic carbocycles. The lowest BCUT2D eigenvalue weighted by Gasteiger charge is -2.19. The molecule has 21 heavy (non-hydrogen) atoms. The summed E-state index contributed by atoms with van der Waals surface area (Å²) in [6.07, 6.45) is 1.23. The Morgan fingerprint density at radius 2 is 2.05 bits per heavy atom. The quantitative estimate of drug-likeness (QED) is 0.667. The fourth-order valence-electron chi connectivity index (χ4n) is 1.91. The van der Waals surface area contributed by atoms with Gasteiger partial charge in [-0.15, -0.1) is 0 Å². The van der Waals surface area contributed by atoms with Crippen molar-refractivity contribution in [3.8, 4) is 5.75 Å². The number of hydrogen-bond acceptors (Lipinski definition) is 3. The SMILES string of the molecule is CCCNCc1cc(Cl)cc(Cl)c1OC(CCC)C(=O)O. The van der Waals surface area contributed by atoms with Crippen molar-refractivity contribution in [3.05, 3.63) is 27.7 Å². The molecule has 0 amide bonds. The zero-order valence-corrected chi connectivity index (χ0v) is 13.8. The monoisotopic (exact) mass is 333 g/mol. The normalized spacial score (nSPS) is 12.2. The van der Waals surface area contributed by atoms with E-state index in [0.717, 1.165) is 18.5 Å². The van der Waals surface area contributed by atoms with Crippen LogP contribution in [-0.4, -0.2) is 23.7 Å². The second-order valence-electron chi connectivity index (χ2n) is 4.79. The van der Waals surface area contributed by atoms with Crippen LogP contribution < -0.4 is 10.1 Å². The number of nitrogens with one attached hydrogen (secondary N) is 1. The largest absolute Gasteiger partial charge is 0.479 e. The molecule has 4 nitrogen and oxygen atoms in total. The number of halogens is 2. The summed E-state index contributed by atoms with van der Waals surface area (Å²) in [6, 6.07) is 3.31. The number of carboxylic acid groups (broad SMARTS) is 1.